The molecule has 0 saturated heterocycles. The van der Waals surface area contributed by atoms with E-state index in [0.717, 1.165) is 11.4 Å². The van der Waals surface area contributed by atoms with Gasteiger partial charge < -0.3 is 9.67 Å². The van der Waals surface area contributed by atoms with Crippen LogP contribution < -0.4 is 0 Å². The Morgan fingerprint density at radius 1 is 1.20 bits per heavy atom. The second-order valence-electron chi connectivity index (χ2n) is 3.33. The van der Waals surface area contributed by atoms with Crippen LogP contribution in [0.1, 0.15) is 16.1 Å². The van der Waals surface area contributed by atoms with Crippen molar-refractivity contribution in [3.8, 4) is 5.69 Å². The van der Waals surface area contributed by atoms with E-state index >= 15 is 0 Å². The first-order valence-electron chi connectivity index (χ1n) is 4.67. The van der Waals surface area contributed by atoms with Crippen molar-refractivity contribution in [1.29, 1.82) is 0 Å². The van der Waals surface area contributed by atoms with Crippen LogP contribution in [-0.2, 0) is 0 Å². The number of aromatic carboxylic acids is 1. The SMILES string of the molecule is Cc1c(C(=O)O)ccn1-c1ccccc1. The molecule has 0 unspecified atom stereocenters. The standard InChI is InChI=1S/C12H11NO2/c1-9-11(12(14)15)7-8-13(9)10-5-3-2-4-6-10/h2-8H,1H3,(H,14,15). The Bertz CT molecular complexity index is 486. The molecule has 2 aromatic rings. The monoisotopic (exact) mass is 201 g/mol. The largest absolute Gasteiger partial charge is 0.478 e. The Balaban J connectivity index is 2.52. The molecule has 2 rings (SSSR count). The molecule has 0 aliphatic heterocycles. The average Bonchev–Trinajstić information content (AvgIpc) is 2.61. The Labute approximate surface area is 87.6 Å². The fraction of sp³-hybridized carbons (Fsp3) is 0.0833. The molecule has 1 aromatic carbocycles. The highest BCUT2D eigenvalue weighted by molar-refractivity contribution is 5.89. The fourth-order valence-corrected chi connectivity index (χ4v) is 1.61. The minimum absolute atomic E-state index is 0.346. The maximum Gasteiger partial charge on any atom is 0.337 e. The van der Waals surface area contributed by atoms with Gasteiger partial charge in [-0.25, -0.2) is 4.79 Å². The molecule has 0 atom stereocenters. The summed E-state index contributed by atoms with van der Waals surface area (Å²) in [7, 11) is 0. The Morgan fingerprint density at radius 2 is 1.87 bits per heavy atom. The van der Waals surface area contributed by atoms with Crippen molar-refractivity contribution >= 4 is 5.97 Å². The van der Waals surface area contributed by atoms with E-state index in [-0.39, 0.29) is 0 Å². The van der Waals surface area contributed by atoms with E-state index in [4.69, 9.17) is 5.11 Å². The van der Waals surface area contributed by atoms with E-state index in [1.165, 1.54) is 0 Å². The van der Waals surface area contributed by atoms with E-state index in [2.05, 4.69) is 0 Å². The number of hydrogen-bond donors (Lipinski definition) is 1. The van der Waals surface area contributed by atoms with Crippen molar-refractivity contribution in [2.45, 2.75) is 6.92 Å². The number of para-hydroxylation sites is 1. The normalized spacial score (nSPS) is 10.2. The summed E-state index contributed by atoms with van der Waals surface area (Å²) in [4.78, 5) is 10.9. The third-order valence-corrected chi connectivity index (χ3v) is 2.41. The van der Waals surface area contributed by atoms with Gasteiger partial charge in [-0.2, -0.15) is 0 Å². The molecule has 0 saturated carbocycles. The number of benzene rings is 1. The highest BCUT2D eigenvalue weighted by Crippen LogP contribution is 2.15. The summed E-state index contributed by atoms with van der Waals surface area (Å²) in [6.45, 7) is 1.80. The zero-order chi connectivity index (χ0) is 10.8. The molecule has 1 N–H and O–H groups in total. The van der Waals surface area contributed by atoms with Gasteiger partial charge in [0.25, 0.3) is 0 Å². The van der Waals surface area contributed by atoms with E-state index in [0.29, 0.717) is 5.56 Å². The topological polar surface area (TPSA) is 42.2 Å². The van der Waals surface area contributed by atoms with E-state index in [9.17, 15) is 4.79 Å². The van der Waals surface area contributed by atoms with Gasteiger partial charge in [-0.1, -0.05) is 18.2 Å². The minimum atomic E-state index is -0.887. The first-order valence-corrected chi connectivity index (χ1v) is 4.67. The molecule has 0 bridgehead atoms. The summed E-state index contributed by atoms with van der Waals surface area (Å²) in [5.74, 6) is -0.887. The molecular formula is C12H11NO2. The number of carboxylic acids is 1. The van der Waals surface area contributed by atoms with Crippen molar-refractivity contribution in [3.05, 3.63) is 53.9 Å². The van der Waals surface area contributed by atoms with Crippen molar-refractivity contribution in [2.24, 2.45) is 0 Å². The molecule has 0 radical (unpaired) electrons. The second-order valence-corrected chi connectivity index (χ2v) is 3.33. The maximum absolute atomic E-state index is 10.9. The van der Waals surface area contributed by atoms with Gasteiger partial charge in [0.15, 0.2) is 0 Å². The highest BCUT2D eigenvalue weighted by Gasteiger charge is 2.11. The number of rotatable bonds is 2. The smallest absolute Gasteiger partial charge is 0.337 e. The van der Waals surface area contributed by atoms with Crippen molar-refractivity contribution in [2.75, 3.05) is 0 Å². The number of nitrogens with zero attached hydrogens (tertiary/aromatic N) is 1. The summed E-state index contributed by atoms with van der Waals surface area (Å²) in [5, 5.41) is 8.91. The van der Waals surface area contributed by atoms with Crippen LogP contribution in [0.5, 0.6) is 0 Å². The third kappa shape index (κ3) is 1.64. The number of carbonyl (C=O) groups is 1. The van der Waals surface area contributed by atoms with Gasteiger partial charge in [-0.15, -0.1) is 0 Å². The minimum Gasteiger partial charge on any atom is -0.478 e. The lowest BCUT2D eigenvalue weighted by molar-refractivity contribution is 0.0696. The molecule has 0 aliphatic rings. The van der Waals surface area contributed by atoms with Gasteiger partial charge in [-0.3, -0.25) is 0 Å². The zero-order valence-electron chi connectivity index (χ0n) is 8.34. The fourth-order valence-electron chi connectivity index (χ4n) is 1.61. The predicted octanol–water partition coefficient (Wildman–Crippen LogP) is 2.48. The van der Waals surface area contributed by atoms with Gasteiger partial charge in [-0.05, 0) is 25.1 Å². The molecule has 0 aliphatic carbocycles. The number of hydrogen-bond acceptors (Lipinski definition) is 1. The Hall–Kier alpha value is -2.03. The molecule has 3 heteroatoms. The van der Waals surface area contributed by atoms with Crippen LogP contribution in [0.3, 0.4) is 0 Å². The summed E-state index contributed by atoms with van der Waals surface area (Å²) in [6, 6.07) is 11.3. The highest BCUT2D eigenvalue weighted by atomic mass is 16.4. The van der Waals surface area contributed by atoms with Gasteiger partial charge in [0.05, 0.1) is 5.56 Å². The average molecular weight is 201 g/mol. The first kappa shape index (κ1) is 9.52. The lowest BCUT2D eigenvalue weighted by Gasteiger charge is -2.05. The molecule has 76 valence electrons. The van der Waals surface area contributed by atoms with Crippen LogP contribution >= 0.6 is 0 Å². The molecule has 3 nitrogen and oxygen atoms in total. The first-order chi connectivity index (χ1) is 7.20. The summed E-state index contributed by atoms with van der Waals surface area (Å²) < 4.78 is 1.86. The summed E-state index contributed by atoms with van der Waals surface area (Å²) in [6.07, 6.45) is 1.77. The quantitative estimate of drug-likeness (QED) is 0.811. The van der Waals surface area contributed by atoms with Gasteiger partial charge in [0.2, 0.25) is 0 Å². The van der Waals surface area contributed by atoms with Crippen LogP contribution in [0.25, 0.3) is 5.69 Å². The van der Waals surface area contributed by atoms with Crippen LogP contribution in [-0.4, -0.2) is 15.6 Å². The number of aromatic nitrogens is 1. The van der Waals surface area contributed by atoms with Crippen LogP contribution in [0.4, 0.5) is 0 Å². The maximum atomic E-state index is 10.9. The van der Waals surface area contributed by atoms with Crippen molar-refractivity contribution in [1.82, 2.24) is 4.57 Å². The summed E-state index contributed by atoms with van der Waals surface area (Å²) in [5.41, 5.74) is 2.06. The van der Waals surface area contributed by atoms with Crippen molar-refractivity contribution < 1.29 is 9.90 Å². The zero-order valence-corrected chi connectivity index (χ0v) is 8.34. The van der Waals surface area contributed by atoms with Crippen LogP contribution in [0, 0.1) is 6.92 Å². The summed E-state index contributed by atoms with van der Waals surface area (Å²) >= 11 is 0. The molecule has 1 aromatic heterocycles. The lowest BCUT2D eigenvalue weighted by atomic mass is 10.2. The van der Waals surface area contributed by atoms with Gasteiger partial charge in [0.1, 0.15) is 0 Å². The van der Waals surface area contributed by atoms with Crippen LogP contribution in [0.2, 0.25) is 0 Å². The third-order valence-electron chi connectivity index (χ3n) is 2.41. The Kier molecular flexibility index (Phi) is 2.29. The van der Waals surface area contributed by atoms with Gasteiger partial charge in [0, 0.05) is 17.6 Å². The lowest BCUT2D eigenvalue weighted by Crippen LogP contribution is -2.00. The van der Waals surface area contributed by atoms with Crippen LogP contribution in [0.15, 0.2) is 42.6 Å². The second kappa shape index (κ2) is 3.61. The molecular weight excluding hydrogens is 190 g/mol. The number of carboxylic acid groups (broad SMARTS) is 1. The van der Waals surface area contributed by atoms with E-state index in [1.807, 2.05) is 34.9 Å². The molecule has 1 heterocycles. The molecule has 15 heavy (non-hydrogen) atoms. The molecule has 0 amide bonds. The molecule has 0 fully saturated rings. The van der Waals surface area contributed by atoms with Gasteiger partial charge >= 0.3 is 5.97 Å². The van der Waals surface area contributed by atoms with Crippen molar-refractivity contribution in [3.63, 3.8) is 0 Å². The van der Waals surface area contributed by atoms with E-state index in [1.54, 1.807) is 19.2 Å². The Morgan fingerprint density at radius 3 is 2.40 bits per heavy atom. The predicted molar refractivity (Wildman–Crippen MR) is 57.5 cm³/mol. The van der Waals surface area contributed by atoms with E-state index < -0.39 is 5.97 Å². The molecule has 0 spiro atoms.